The van der Waals surface area contributed by atoms with Crippen LogP contribution in [0.5, 0.6) is 0 Å². The summed E-state index contributed by atoms with van der Waals surface area (Å²) in [6, 6.07) is 17.7. The number of carbonyl (C=O) groups excluding carboxylic acids is 1. The van der Waals surface area contributed by atoms with Gasteiger partial charge in [-0.2, -0.15) is 0 Å². The van der Waals surface area contributed by atoms with E-state index in [2.05, 4.69) is 55.3 Å². The maximum absolute atomic E-state index is 12.7. The van der Waals surface area contributed by atoms with Gasteiger partial charge < -0.3 is 5.32 Å². The maximum atomic E-state index is 12.7. The highest BCUT2D eigenvalue weighted by Gasteiger charge is 2.38. The number of nitrogens with one attached hydrogen (secondary N) is 1. The minimum absolute atomic E-state index is 0.0569. The van der Waals surface area contributed by atoms with Crippen LogP contribution in [0.3, 0.4) is 0 Å². The van der Waals surface area contributed by atoms with Crippen molar-refractivity contribution in [1.82, 2.24) is 9.88 Å². The number of amides is 1. The number of rotatable bonds is 9. The van der Waals surface area contributed by atoms with Crippen LogP contribution in [0.1, 0.15) is 55.4 Å². The maximum Gasteiger partial charge on any atom is 0.230 e. The van der Waals surface area contributed by atoms with Gasteiger partial charge in [0, 0.05) is 17.5 Å². The van der Waals surface area contributed by atoms with E-state index in [1.54, 1.807) is 42.5 Å². The number of aromatic nitrogens is 1. The molecule has 0 saturated heterocycles. The van der Waals surface area contributed by atoms with Crippen LogP contribution in [-0.2, 0) is 34.0 Å². The van der Waals surface area contributed by atoms with Gasteiger partial charge >= 0.3 is 0 Å². The molecule has 2 heterocycles. The van der Waals surface area contributed by atoms with Gasteiger partial charge in [0.05, 0.1) is 28.8 Å². The topological polar surface area (TPSA) is 79.4 Å². The Labute approximate surface area is 212 Å². The molecule has 2 atom stereocenters. The van der Waals surface area contributed by atoms with Crippen LogP contribution >= 0.6 is 11.3 Å². The molecule has 0 bridgehead atoms. The van der Waals surface area contributed by atoms with Gasteiger partial charge in [-0.25, -0.2) is 13.4 Å². The molecule has 0 spiro atoms. The number of hydrogen-bond donors (Lipinski definition) is 1. The zero-order valence-electron chi connectivity index (χ0n) is 20.7. The van der Waals surface area contributed by atoms with Gasteiger partial charge in [0.2, 0.25) is 5.91 Å². The molecule has 35 heavy (non-hydrogen) atoms. The number of thiazole rings is 1. The molecule has 0 radical (unpaired) electrons. The van der Waals surface area contributed by atoms with E-state index in [0.717, 1.165) is 24.2 Å². The quantitative estimate of drug-likeness (QED) is 0.424. The van der Waals surface area contributed by atoms with Crippen LogP contribution < -0.4 is 5.32 Å². The lowest BCUT2D eigenvalue weighted by Crippen LogP contribution is -2.35. The molecule has 2 aromatic carbocycles. The lowest BCUT2D eigenvalue weighted by atomic mass is 9.98. The SMILES string of the molecule is CCS(=O)(=O)c1ccc(CC(=O)Nc2nc3c(s2)CN([C@H](C)Cc2ccccc2)[C@H]3C(C)C)cc1. The predicted molar refractivity (Wildman–Crippen MR) is 141 cm³/mol. The lowest BCUT2D eigenvalue weighted by molar-refractivity contribution is -0.115. The number of benzene rings is 2. The van der Waals surface area contributed by atoms with Gasteiger partial charge in [-0.05, 0) is 42.5 Å². The average molecular weight is 512 g/mol. The first-order valence-corrected chi connectivity index (χ1v) is 14.6. The summed E-state index contributed by atoms with van der Waals surface area (Å²) in [7, 11) is -3.24. The van der Waals surface area contributed by atoms with Crippen LogP contribution in [0, 0.1) is 5.92 Å². The summed E-state index contributed by atoms with van der Waals surface area (Å²) in [5, 5.41) is 3.58. The van der Waals surface area contributed by atoms with Crippen molar-refractivity contribution in [2.45, 2.75) is 64.1 Å². The summed E-state index contributed by atoms with van der Waals surface area (Å²) < 4.78 is 24.0. The van der Waals surface area contributed by atoms with Crippen molar-refractivity contribution in [2.75, 3.05) is 11.1 Å². The summed E-state index contributed by atoms with van der Waals surface area (Å²) in [5.41, 5.74) is 3.18. The van der Waals surface area contributed by atoms with Crippen molar-refractivity contribution in [3.63, 3.8) is 0 Å². The largest absolute Gasteiger partial charge is 0.302 e. The van der Waals surface area contributed by atoms with E-state index in [0.29, 0.717) is 17.1 Å². The van der Waals surface area contributed by atoms with E-state index in [9.17, 15) is 13.2 Å². The van der Waals surface area contributed by atoms with Crippen LogP contribution in [0.25, 0.3) is 0 Å². The fourth-order valence-corrected chi connectivity index (χ4v) is 6.62. The molecular formula is C27H33N3O3S2. The highest BCUT2D eigenvalue weighted by molar-refractivity contribution is 7.91. The van der Waals surface area contributed by atoms with Crippen LogP contribution in [0.4, 0.5) is 5.13 Å². The molecule has 1 N–H and O–H groups in total. The molecule has 0 aliphatic carbocycles. The smallest absolute Gasteiger partial charge is 0.230 e. The highest BCUT2D eigenvalue weighted by Crippen LogP contribution is 2.43. The molecule has 1 aromatic heterocycles. The Hall–Kier alpha value is -2.55. The number of fused-ring (bicyclic) bond motifs is 1. The second-order valence-electron chi connectivity index (χ2n) is 9.50. The molecule has 0 fully saturated rings. The van der Waals surface area contributed by atoms with E-state index in [4.69, 9.17) is 4.98 Å². The number of carbonyl (C=O) groups is 1. The minimum Gasteiger partial charge on any atom is -0.302 e. The highest BCUT2D eigenvalue weighted by atomic mass is 32.2. The molecular weight excluding hydrogens is 478 g/mol. The fraction of sp³-hybridized carbons (Fsp3) is 0.407. The van der Waals surface area contributed by atoms with E-state index in [-0.39, 0.29) is 29.0 Å². The number of hydrogen-bond acceptors (Lipinski definition) is 6. The molecule has 1 amide bonds. The Balaban J connectivity index is 1.41. The van der Waals surface area contributed by atoms with Gasteiger partial charge in [-0.3, -0.25) is 9.69 Å². The lowest BCUT2D eigenvalue weighted by Gasteiger charge is -2.33. The summed E-state index contributed by atoms with van der Waals surface area (Å²) in [5.74, 6) is 0.304. The molecule has 1 aliphatic heterocycles. The van der Waals surface area contributed by atoms with Gasteiger partial charge in [0.15, 0.2) is 15.0 Å². The van der Waals surface area contributed by atoms with E-state index in [1.807, 2.05) is 6.07 Å². The summed E-state index contributed by atoms with van der Waals surface area (Å²) in [6.07, 6.45) is 1.16. The second-order valence-corrected chi connectivity index (χ2v) is 12.9. The molecule has 1 aliphatic rings. The third-order valence-corrected chi connectivity index (χ3v) is 9.26. The Morgan fingerprint density at radius 3 is 2.40 bits per heavy atom. The third-order valence-electron chi connectivity index (χ3n) is 6.54. The van der Waals surface area contributed by atoms with Gasteiger partial charge in [-0.15, -0.1) is 11.3 Å². The zero-order chi connectivity index (χ0) is 25.2. The van der Waals surface area contributed by atoms with E-state index >= 15 is 0 Å². The fourth-order valence-electron chi connectivity index (χ4n) is 4.71. The first kappa shape index (κ1) is 25.5. The second kappa shape index (κ2) is 10.6. The van der Waals surface area contributed by atoms with Crippen LogP contribution in [-0.4, -0.2) is 36.0 Å². The molecule has 4 rings (SSSR count). The van der Waals surface area contributed by atoms with Gasteiger partial charge in [0.25, 0.3) is 0 Å². The zero-order valence-corrected chi connectivity index (χ0v) is 22.3. The number of anilines is 1. The Kier molecular flexibility index (Phi) is 7.73. The standard InChI is InChI=1S/C27H33N3O3S2/c1-5-35(32,33)22-13-11-21(12-14-22)16-24(31)28-27-29-25-23(34-27)17-30(26(25)18(2)3)19(4)15-20-9-7-6-8-10-20/h6-14,18-19,26H,5,15-17H2,1-4H3,(H,28,29,31)/t19-,26+/m1/s1. The Morgan fingerprint density at radius 1 is 1.09 bits per heavy atom. The Morgan fingerprint density at radius 2 is 1.77 bits per heavy atom. The van der Waals surface area contributed by atoms with Gasteiger partial charge in [0.1, 0.15) is 0 Å². The predicted octanol–water partition coefficient (Wildman–Crippen LogP) is 5.26. The normalized spacial score (nSPS) is 16.9. The minimum atomic E-state index is -3.24. The van der Waals surface area contributed by atoms with Crippen molar-refractivity contribution in [2.24, 2.45) is 5.92 Å². The van der Waals surface area contributed by atoms with Crippen molar-refractivity contribution >= 4 is 32.2 Å². The molecule has 3 aromatic rings. The molecule has 186 valence electrons. The third kappa shape index (κ3) is 5.82. The average Bonchev–Trinajstić information content (AvgIpc) is 3.37. The van der Waals surface area contributed by atoms with E-state index < -0.39 is 9.84 Å². The molecule has 0 saturated carbocycles. The van der Waals surface area contributed by atoms with Crippen molar-refractivity contribution in [3.05, 3.63) is 76.3 Å². The first-order valence-electron chi connectivity index (χ1n) is 12.1. The molecule has 8 heteroatoms. The van der Waals surface area contributed by atoms with Crippen molar-refractivity contribution in [3.8, 4) is 0 Å². The number of nitrogens with zero attached hydrogens (tertiary/aromatic N) is 2. The van der Waals surface area contributed by atoms with Crippen LogP contribution in [0.2, 0.25) is 0 Å². The summed E-state index contributed by atoms with van der Waals surface area (Å²) >= 11 is 1.55. The van der Waals surface area contributed by atoms with Gasteiger partial charge in [-0.1, -0.05) is 63.2 Å². The number of sulfone groups is 1. The Bertz CT molecular complexity index is 1270. The van der Waals surface area contributed by atoms with E-state index in [1.165, 1.54) is 10.4 Å². The molecule has 6 nitrogen and oxygen atoms in total. The molecule has 0 unspecified atom stereocenters. The van der Waals surface area contributed by atoms with Crippen molar-refractivity contribution in [1.29, 1.82) is 0 Å². The van der Waals surface area contributed by atoms with Crippen LogP contribution in [0.15, 0.2) is 59.5 Å². The monoisotopic (exact) mass is 511 g/mol. The summed E-state index contributed by atoms with van der Waals surface area (Å²) in [6.45, 7) is 9.19. The summed E-state index contributed by atoms with van der Waals surface area (Å²) in [4.78, 5) is 21.5. The van der Waals surface area contributed by atoms with Crippen molar-refractivity contribution < 1.29 is 13.2 Å². The first-order chi connectivity index (χ1) is 16.7.